The number of halogens is 1. The van der Waals surface area contributed by atoms with Crippen LogP contribution < -0.4 is 5.32 Å². The molecule has 158 valence electrons. The third-order valence-electron chi connectivity index (χ3n) is 5.35. The maximum absolute atomic E-state index is 13.4. The lowest BCUT2D eigenvalue weighted by molar-refractivity contribution is 0.101. The third kappa shape index (κ3) is 4.45. The summed E-state index contributed by atoms with van der Waals surface area (Å²) in [5.41, 5.74) is 5.03. The number of rotatable bonds is 6. The molecule has 4 rings (SSSR count). The molecule has 0 unspecified atom stereocenters. The Morgan fingerprint density at radius 2 is 1.77 bits per heavy atom. The molecule has 2 heterocycles. The fraction of sp³-hybridized carbons (Fsp3) is 0.192. The number of carbonyl (C=O) groups excluding carboxylic acids is 1. The van der Waals surface area contributed by atoms with E-state index in [1.54, 1.807) is 24.5 Å². The largest absolute Gasteiger partial charge is 0.464 e. The number of aromatic nitrogens is 1. The van der Waals surface area contributed by atoms with Crippen molar-refractivity contribution in [3.63, 3.8) is 0 Å². The monoisotopic (exact) mass is 416 g/mol. The molecule has 0 saturated heterocycles. The van der Waals surface area contributed by atoms with Crippen LogP contribution in [0.4, 0.5) is 10.1 Å². The van der Waals surface area contributed by atoms with E-state index in [-0.39, 0.29) is 11.7 Å². The minimum Gasteiger partial charge on any atom is -0.464 e. The average molecular weight is 416 g/mol. The van der Waals surface area contributed by atoms with Crippen molar-refractivity contribution >= 4 is 11.6 Å². The van der Waals surface area contributed by atoms with E-state index in [0.29, 0.717) is 23.9 Å². The summed E-state index contributed by atoms with van der Waals surface area (Å²) in [6.45, 7) is 6.66. The Morgan fingerprint density at radius 1 is 1.06 bits per heavy atom. The number of aryl methyl sites for hydroxylation is 1. The fourth-order valence-corrected chi connectivity index (χ4v) is 3.72. The predicted molar refractivity (Wildman–Crippen MR) is 121 cm³/mol. The number of benzene rings is 2. The summed E-state index contributed by atoms with van der Waals surface area (Å²) in [6.07, 6.45) is 3.52. The molecule has 0 spiro atoms. The number of furan rings is 1. The molecule has 0 aliphatic carbocycles. The smallest absolute Gasteiger partial charge is 0.273 e. The van der Waals surface area contributed by atoms with Crippen LogP contribution in [0.2, 0.25) is 0 Å². The molecular weight excluding hydrogens is 391 g/mol. The van der Waals surface area contributed by atoms with Gasteiger partial charge in [-0.25, -0.2) is 4.39 Å². The molecule has 31 heavy (non-hydrogen) atoms. The molecule has 0 radical (unpaired) electrons. The molecule has 1 amide bonds. The number of amides is 1. The van der Waals surface area contributed by atoms with Crippen molar-refractivity contribution in [2.45, 2.75) is 33.2 Å². The zero-order valence-corrected chi connectivity index (χ0v) is 17.9. The second-order valence-corrected chi connectivity index (χ2v) is 8.00. The summed E-state index contributed by atoms with van der Waals surface area (Å²) in [5.74, 6) is 0.548. The van der Waals surface area contributed by atoms with E-state index in [1.165, 1.54) is 17.7 Å². The van der Waals surface area contributed by atoms with Gasteiger partial charge in [0, 0.05) is 18.4 Å². The highest BCUT2D eigenvalue weighted by Crippen LogP contribution is 2.31. The van der Waals surface area contributed by atoms with Gasteiger partial charge >= 0.3 is 0 Å². The minimum absolute atomic E-state index is 0.223. The van der Waals surface area contributed by atoms with Crippen molar-refractivity contribution in [3.05, 3.63) is 101 Å². The van der Waals surface area contributed by atoms with Crippen molar-refractivity contribution in [1.82, 2.24) is 4.57 Å². The first kappa shape index (κ1) is 20.7. The van der Waals surface area contributed by atoms with Gasteiger partial charge < -0.3 is 14.3 Å². The van der Waals surface area contributed by atoms with Gasteiger partial charge in [-0.2, -0.15) is 0 Å². The molecule has 4 nitrogen and oxygen atoms in total. The highest BCUT2D eigenvalue weighted by Gasteiger charge is 2.23. The van der Waals surface area contributed by atoms with E-state index in [2.05, 4.69) is 19.2 Å². The van der Waals surface area contributed by atoms with Crippen LogP contribution in [-0.2, 0) is 6.54 Å². The molecule has 0 aliphatic rings. The highest BCUT2D eigenvalue weighted by molar-refractivity contribution is 6.08. The van der Waals surface area contributed by atoms with Gasteiger partial charge in [0.25, 0.3) is 5.91 Å². The standard InChI is InChI=1S/C26H25FN2O2/c1-17(2)20-8-12-22(13-9-20)28-26(30)25-24(23-5-4-14-31-23)18(3)15-29(25)16-19-6-10-21(27)11-7-19/h4-15,17H,16H2,1-3H3,(H,28,30). The molecule has 0 bridgehead atoms. The Kier molecular flexibility index (Phi) is 5.76. The van der Waals surface area contributed by atoms with E-state index >= 15 is 0 Å². The Balaban J connectivity index is 1.71. The maximum atomic E-state index is 13.4. The first-order valence-electron chi connectivity index (χ1n) is 10.3. The summed E-state index contributed by atoms with van der Waals surface area (Å²) in [4.78, 5) is 13.4. The summed E-state index contributed by atoms with van der Waals surface area (Å²) in [5, 5.41) is 3.01. The van der Waals surface area contributed by atoms with Crippen LogP contribution in [0.5, 0.6) is 0 Å². The first-order valence-corrected chi connectivity index (χ1v) is 10.3. The zero-order chi connectivity index (χ0) is 22.0. The van der Waals surface area contributed by atoms with Crippen LogP contribution in [0, 0.1) is 12.7 Å². The molecule has 2 aromatic heterocycles. The van der Waals surface area contributed by atoms with Crippen LogP contribution in [0.1, 0.15) is 46.9 Å². The van der Waals surface area contributed by atoms with Crippen molar-refractivity contribution in [2.24, 2.45) is 0 Å². The van der Waals surface area contributed by atoms with Crippen LogP contribution in [0.3, 0.4) is 0 Å². The van der Waals surface area contributed by atoms with Gasteiger partial charge in [0.05, 0.1) is 11.8 Å². The quantitative estimate of drug-likeness (QED) is 0.384. The molecule has 1 N–H and O–H groups in total. The molecule has 0 aliphatic heterocycles. The van der Waals surface area contributed by atoms with Crippen molar-refractivity contribution < 1.29 is 13.6 Å². The lowest BCUT2D eigenvalue weighted by atomic mass is 10.0. The Hall–Kier alpha value is -3.60. The van der Waals surface area contributed by atoms with Crippen LogP contribution in [-0.4, -0.2) is 10.5 Å². The van der Waals surface area contributed by atoms with Crippen molar-refractivity contribution in [1.29, 1.82) is 0 Å². The summed E-state index contributed by atoms with van der Waals surface area (Å²) < 4.78 is 20.8. The van der Waals surface area contributed by atoms with E-state index < -0.39 is 0 Å². The zero-order valence-electron chi connectivity index (χ0n) is 17.9. The molecule has 2 aromatic carbocycles. The third-order valence-corrected chi connectivity index (χ3v) is 5.35. The molecular formula is C26H25FN2O2. The minimum atomic E-state index is -0.286. The van der Waals surface area contributed by atoms with Crippen molar-refractivity contribution in [3.8, 4) is 11.3 Å². The summed E-state index contributed by atoms with van der Waals surface area (Å²) in [6, 6.07) is 17.8. The topological polar surface area (TPSA) is 47.2 Å². The molecule has 0 atom stereocenters. The highest BCUT2D eigenvalue weighted by atomic mass is 19.1. The number of hydrogen-bond donors (Lipinski definition) is 1. The van der Waals surface area contributed by atoms with Crippen LogP contribution in [0.25, 0.3) is 11.3 Å². The summed E-state index contributed by atoms with van der Waals surface area (Å²) in [7, 11) is 0. The lowest BCUT2D eigenvalue weighted by Crippen LogP contribution is -2.18. The number of carbonyl (C=O) groups is 1. The predicted octanol–water partition coefficient (Wildman–Crippen LogP) is 6.62. The Morgan fingerprint density at radius 3 is 2.39 bits per heavy atom. The van der Waals surface area contributed by atoms with Gasteiger partial charge in [-0.1, -0.05) is 38.1 Å². The van der Waals surface area contributed by atoms with Gasteiger partial charge in [0.1, 0.15) is 17.3 Å². The molecule has 0 saturated carbocycles. The first-order chi connectivity index (χ1) is 14.9. The molecule has 0 fully saturated rings. The van der Waals surface area contributed by atoms with Gasteiger partial charge in [-0.05, 0) is 65.9 Å². The number of hydrogen-bond acceptors (Lipinski definition) is 2. The molecule has 4 aromatic rings. The van der Waals surface area contributed by atoms with E-state index in [9.17, 15) is 9.18 Å². The van der Waals surface area contributed by atoms with Gasteiger partial charge in [0.15, 0.2) is 0 Å². The number of nitrogens with zero attached hydrogens (tertiary/aromatic N) is 1. The van der Waals surface area contributed by atoms with Crippen molar-refractivity contribution in [2.75, 3.05) is 5.32 Å². The average Bonchev–Trinajstić information content (AvgIpc) is 3.37. The summed E-state index contributed by atoms with van der Waals surface area (Å²) >= 11 is 0. The van der Waals surface area contributed by atoms with Crippen LogP contribution in [0.15, 0.2) is 77.5 Å². The maximum Gasteiger partial charge on any atom is 0.273 e. The second kappa shape index (κ2) is 8.64. The van der Waals surface area contributed by atoms with Gasteiger partial charge in [-0.15, -0.1) is 0 Å². The lowest BCUT2D eigenvalue weighted by Gasteiger charge is -2.13. The van der Waals surface area contributed by atoms with E-state index in [1.807, 2.05) is 48.0 Å². The normalized spacial score (nSPS) is 11.1. The second-order valence-electron chi connectivity index (χ2n) is 8.00. The number of nitrogens with one attached hydrogen (secondary N) is 1. The number of anilines is 1. The Bertz CT molecular complexity index is 1170. The van der Waals surface area contributed by atoms with E-state index in [4.69, 9.17) is 4.42 Å². The fourth-order valence-electron chi connectivity index (χ4n) is 3.72. The van der Waals surface area contributed by atoms with Gasteiger partial charge in [-0.3, -0.25) is 4.79 Å². The van der Waals surface area contributed by atoms with Crippen LogP contribution >= 0.6 is 0 Å². The Labute approximate surface area is 181 Å². The van der Waals surface area contributed by atoms with E-state index in [0.717, 1.165) is 22.4 Å². The SMILES string of the molecule is Cc1cn(Cc2ccc(F)cc2)c(C(=O)Nc2ccc(C(C)C)cc2)c1-c1ccco1. The van der Waals surface area contributed by atoms with Gasteiger partial charge in [0.2, 0.25) is 0 Å². The molecule has 5 heteroatoms.